The van der Waals surface area contributed by atoms with Crippen molar-refractivity contribution >= 4 is 87.1 Å². The van der Waals surface area contributed by atoms with E-state index in [0.717, 1.165) is 44.6 Å². The molecule has 0 unspecified atom stereocenters. The lowest BCUT2D eigenvalue weighted by atomic mass is 9.97. The molecule has 0 bridgehead atoms. The predicted octanol–water partition coefficient (Wildman–Crippen LogP) is 14.3. The second-order valence-corrected chi connectivity index (χ2v) is 15.5. The van der Waals surface area contributed by atoms with Gasteiger partial charge in [0.2, 0.25) is 0 Å². The Balaban J connectivity index is 1.05. The molecule has 0 saturated heterocycles. The monoisotopic (exact) mass is 750 g/mol. The zero-order chi connectivity index (χ0) is 38.6. The Labute approximate surface area is 339 Å². The van der Waals surface area contributed by atoms with Crippen molar-refractivity contribution < 1.29 is 0 Å². The fourth-order valence-electron chi connectivity index (χ4n) is 9.93. The molecule has 4 aromatic heterocycles. The molecule has 0 aliphatic rings. The highest BCUT2D eigenvalue weighted by molar-refractivity contribution is 6.27. The van der Waals surface area contributed by atoms with Crippen LogP contribution in [0.25, 0.3) is 115 Å². The summed E-state index contributed by atoms with van der Waals surface area (Å²) in [5.74, 6) is 0. The summed E-state index contributed by atoms with van der Waals surface area (Å²) >= 11 is 0. The van der Waals surface area contributed by atoms with Crippen LogP contribution < -0.4 is 0 Å². The van der Waals surface area contributed by atoms with Crippen molar-refractivity contribution in [3.63, 3.8) is 0 Å². The zero-order valence-electron chi connectivity index (χ0n) is 31.9. The summed E-state index contributed by atoms with van der Waals surface area (Å²) in [5, 5.41) is 10.9. The number of rotatable bonds is 4. The standard InChI is InChI=1S/C55H34N4/c1-2-16-36(17-3-1)59-51-28-13-7-21-41(51)43-30-31-45-53(55(43)59)44-23-4-9-24-47(44)56-54(45)35-15-14-18-37(33-35)57-50-27-12-8-22-42(50)46-34-38(29-32-52(46)57)58-48-25-10-5-19-39(48)40-20-6-11-26-49(40)58/h1-34H. The van der Waals surface area contributed by atoms with Gasteiger partial charge in [0.1, 0.15) is 0 Å². The van der Waals surface area contributed by atoms with Crippen LogP contribution in [0, 0.1) is 0 Å². The summed E-state index contributed by atoms with van der Waals surface area (Å²) in [6.07, 6.45) is 0. The van der Waals surface area contributed by atoms with Crippen molar-refractivity contribution in [3.05, 3.63) is 206 Å². The molecule has 59 heavy (non-hydrogen) atoms. The molecule has 0 spiro atoms. The van der Waals surface area contributed by atoms with E-state index in [0.29, 0.717) is 0 Å². The van der Waals surface area contributed by atoms with Crippen molar-refractivity contribution in [3.8, 4) is 28.3 Å². The van der Waals surface area contributed by atoms with E-state index in [2.05, 4.69) is 220 Å². The number of hydrogen-bond donors (Lipinski definition) is 0. The fourth-order valence-corrected chi connectivity index (χ4v) is 9.93. The van der Waals surface area contributed by atoms with Crippen LogP contribution in [0.5, 0.6) is 0 Å². The lowest BCUT2D eigenvalue weighted by Gasteiger charge is -2.15. The molecule has 0 amide bonds. The van der Waals surface area contributed by atoms with Crippen LogP contribution in [0.4, 0.5) is 0 Å². The summed E-state index contributed by atoms with van der Waals surface area (Å²) in [6, 6.07) is 74.8. The van der Waals surface area contributed by atoms with Crippen molar-refractivity contribution in [2.45, 2.75) is 0 Å². The van der Waals surface area contributed by atoms with Gasteiger partial charge in [0, 0.05) is 71.1 Å². The summed E-state index contributed by atoms with van der Waals surface area (Å²) in [4.78, 5) is 5.45. The average molecular weight is 751 g/mol. The number of fused-ring (bicyclic) bond motifs is 13. The summed E-state index contributed by atoms with van der Waals surface area (Å²) < 4.78 is 7.26. The third-order valence-corrected chi connectivity index (χ3v) is 12.4. The minimum Gasteiger partial charge on any atom is -0.309 e. The molecule has 4 heteroatoms. The largest absolute Gasteiger partial charge is 0.309 e. The maximum atomic E-state index is 5.45. The first kappa shape index (κ1) is 32.2. The second-order valence-electron chi connectivity index (χ2n) is 15.5. The molecule has 274 valence electrons. The average Bonchev–Trinajstić information content (AvgIpc) is 3.95. The fraction of sp³-hybridized carbons (Fsp3) is 0. The highest BCUT2D eigenvalue weighted by atomic mass is 15.0. The molecule has 0 fully saturated rings. The number of hydrogen-bond acceptors (Lipinski definition) is 1. The third kappa shape index (κ3) is 4.57. The van der Waals surface area contributed by atoms with Gasteiger partial charge >= 0.3 is 0 Å². The van der Waals surface area contributed by atoms with E-state index in [4.69, 9.17) is 4.98 Å². The highest BCUT2D eigenvalue weighted by Crippen LogP contribution is 2.43. The second kappa shape index (κ2) is 12.3. The molecule has 0 aliphatic heterocycles. The third-order valence-electron chi connectivity index (χ3n) is 12.4. The Morgan fingerprint density at radius 1 is 0.288 bits per heavy atom. The minimum absolute atomic E-state index is 0.974. The van der Waals surface area contributed by atoms with Crippen LogP contribution in [0.15, 0.2) is 206 Å². The van der Waals surface area contributed by atoms with E-state index in [1.165, 1.54) is 70.8 Å². The number of pyridine rings is 1. The molecule has 0 saturated carbocycles. The van der Waals surface area contributed by atoms with Crippen molar-refractivity contribution in [1.82, 2.24) is 18.7 Å². The molecule has 0 N–H and O–H groups in total. The van der Waals surface area contributed by atoms with Gasteiger partial charge in [-0.25, -0.2) is 4.98 Å². The Bertz CT molecular complexity index is 3790. The van der Waals surface area contributed by atoms with Gasteiger partial charge in [-0.3, -0.25) is 0 Å². The van der Waals surface area contributed by atoms with Crippen LogP contribution in [-0.4, -0.2) is 18.7 Å². The SMILES string of the molecule is c1ccc(-n2c3ccccc3c3ccc4c(-c5cccc(-n6c7ccccc7c7cc(-n8c9ccccc9c9ccccc98)ccc76)c5)nc5ccccc5c4c32)cc1. The van der Waals surface area contributed by atoms with Gasteiger partial charge in [-0.15, -0.1) is 0 Å². The summed E-state index contributed by atoms with van der Waals surface area (Å²) in [7, 11) is 0. The van der Waals surface area contributed by atoms with Crippen LogP contribution in [0.3, 0.4) is 0 Å². The van der Waals surface area contributed by atoms with Gasteiger partial charge in [-0.1, -0.05) is 133 Å². The first-order valence-corrected chi connectivity index (χ1v) is 20.2. The molecule has 0 atom stereocenters. The maximum Gasteiger partial charge on any atom is 0.0789 e. The van der Waals surface area contributed by atoms with Crippen LogP contribution in [0.1, 0.15) is 0 Å². The van der Waals surface area contributed by atoms with E-state index in [1.807, 2.05) is 0 Å². The van der Waals surface area contributed by atoms with Gasteiger partial charge in [-0.2, -0.15) is 0 Å². The summed E-state index contributed by atoms with van der Waals surface area (Å²) in [6.45, 7) is 0. The van der Waals surface area contributed by atoms with E-state index < -0.39 is 0 Å². The van der Waals surface area contributed by atoms with Gasteiger partial charge < -0.3 is 13.7 Å². The number of nitrogens with zero attached hydrogens (tertiary/aromatic N) is 4. The van der Waals surface area contributed by atoms with Crippen molar-refractivity contribution in [1.29, 1.82) is 0 Å². The van der Waals surface area contributed by atoms with Gasteiger partial charge in [0.25, 0.3) is 0 Å². The van der Waals surface area contributed by atoms with Gasteiger partial charge in [0.15, 0.2) is 0 Å². The first-order chi connectivity index (χ1) is 29.3. The van der Waals surface area contributed by atoms with Gasteiger partial charge in [-0.05, 0) is 72.8 Å². The topological polar surface area (TPSA) is 27.7 Å². The lowest BCUT2D eigenvalue weighted by molar-refractivity contribution is 1.16. The molecule has 13 rings (SSSR count). The molecule has 4 nitrogen and oxygen atoms in total. The quantitative estimate of drug-likeness (QED) is 0.165. The Hall–Kier alpha value is -7.95. The maximum absolute atomic E-state index is 5.45. The Morgan fingerprint density at radius 2 is 0.780 bits per heavy atom. The normalized spacial score (nSPS) is 12.1. The van der Waals surface area contributed by atoms with E-state index in [9.17, 15) is 0 Å². The molecular formula is C55H34N4. The Kier molecular flexibility index (Phi) is 6.69. The number of para-hydroxylation sites is 6. The number of aromatic nitrogens is 4. The lowest BCUT2D eigenvalue weighted by Crippen LogP contribution is -1.98. The van der Waals surface area contributed by atoms with Crippen molar-refractivity contribution in [2.75, 3.05) is 0 Å². The first-order valence-electron chi connectivity index (χ1n) is 20.2. The molecule has 0 aliphatic carbocycles. The van der Waals surface area contributed by atoms with Crippen LogP contribution >= 0.6 is 0 Å². The van der Waals surface area contributed by atoms with Crippen molar-refractivity contribution in [2.24, 2.45) is 0 Å². The minimum atomic E-state index is 0.974. The molecule has 9 aromatic carbocycles. The zero-order valence-corrected chi connectivity index (χ0v) is 31.9. The van der Waals surface area contributed by atoms with Gasteiger partial charge in [0.05, 0.1) is 44.3 Å². The van der Waals surface area contributed by atoms with Crippen LogP contribution in [0.2, 0.25) is 0 Å². The van der Waals surface area contributed by atoms with E-state index in [-0.39, 0.29) is 0 Å². The molecule has 0 radical (unpaired) electrons. The van der Waals surface area contributed by atoms with Crippen LogP contribution in [-0.2, 0) is 0 Å². The molecular weight excluding hydrogens is 717 g/mol. The molecule has 4 heterocycles. The summed E-state index contributed by atoms with van der Waals surface area (Å²) in [5.41, 5.74) is 13.6. The Morgan fingerprint density at radius 3 is 1.46 bits per heavy atom. The van der Waals surface area contributed by atoms with E-state index in [1.54, 1.807) is 0 Å². The van der Waals surface area contributed by atoms with E-state index >= 15 is 0 Å². The highest BCUT2D eigenvalue weighted by Gasteiger charge is 2.21. The smallest absolute Gasteiger partial charge is 0.0789 e. The number of benzene rings is 9. The predicted molar refractivity (Wildman–Crippen MR) is 248 cm³/mol. The molecule has 13 aromatic rings.